The molecular formula is C36H29ClF3NO4S. The van der Waals surface area contributed by atoms with E-state index in [9.17, 15) is 18.0 Å². The normalized spacial score (nSPS) is 14.5. The molecule has 236 valence electrons. The van der Waals surface area contributed by atoms with Crippen molar-refractivity contribution in [1.29, 1.82) is 0 Å². The second-order valence-corrected chi connectivity index (χ2v) is 12.6. The summed E-state index contributed by atoms with van der Waals surface area (Å²) in [6.07, 6.45) is 3.21. The smallest absolute Gasteiger partial charge is 0.485 e. The molecule has 1 heterocycles. The lowest BCUT2D eigenvalue weighted by Gasteiger charge is -2.26. The first-order chi connectivity index (χ1) is 21.9. The lowest BCUT2D eigenvalue weighted by Crippen LogP contribution is -2.44. The molecular weight excluding hydrogens is 635 g/mol. The molecule has 0 bridgehead atoms. The lowest BCUT2D eigenvalue weighted by atomic mass is 9.78. The average molecular weight is 664 g/mol. The van der Waals surface area contributed by atoms with Gasteiger partial charge in [0, 0.05) is 40.8 Å². The Morgan fingerprint density at radius 1 is 0.826 bits per heavy atom. The Morgan fingerprint density at radius 2 is 1.35 bits per heavy atom. The Balaban J connectivity index is 0.000000463. The fourth-order valence-corrected chi connectivity index (χ4v) is 5.86. The Kier molecular flexibility index (Phi) is 10.1. The first kappa shape index (κ1) is 33.1. The van der Waals surface area contributed by atoms with Gasteiger partial charge >= 0.3 is 5.51 Å². The molecule has 1 atom stereocenters. The maximum absolute atomic E-state index is 14.0. The van der Waals surface area contributed by atoms with Gasteiger partial charge in [-0.25, -0.2) is 8.42 Å². The summed E-state index contributed by atoms with van der Waals surface area (Å²) in [6, 6.07) is 41.4. The standard InChI is InChI=1S/C35H29ClNO.CHF3O3S/c36-28-19-21-29(22-20-28)37-33(27-15-8-3-9-16-27)24-32(26-13-6-2-7-14-26)30-17-10-18-31(35(30)37)34(38)23-25-11-4-1-5-12-25;2-1(3,4)8(5,6)7/h1-9,11-16,19-22,24,31H,10,17-18,23H2;(H,5,6,7)/q+1;/p-1. The van der Waals surface area contributed by atoms with Gasteiger partial charge in [-0.2, -0.15) is 17.7 Å². The molecule has 0 amide bonds. The van der Waals surface area contributed by atoms with Crippen molar-refractivity contribution < 1.29 is 35.5 Å². The van der Waals surface area contributed by atoms with Crippen LogP contribution in [0.25, 0.3) is 28.1 Å². The summed E-state index contributed by atoms with van der Waals surface area (Å²) in [7, 11) is -6.09. The highest BCUT2D eigenvalue weighted by molar-refractivity contribution is 7.86. The number of carbonyl (C=O) groups is 1. The molecule has 0 aliphatic heterocycles. The second-order valence-electron chi connectivity index (χ2n) is 10.8. The molecule has 4 aromatic carbocycles. The van der Waals surface area contributed by atoms with Crippen molar-refractivity contribution in [1.82, 2.24) is 0 Å². The number of hydrogen-bond donors (Lipinski definition) is 0. The molecule has 0 saturated heterocycles. The number of nitrogens with zero attached hydrogens (tertiary/aromatic N) is 1. The van der Waals surface area contributed by atoms with E-state index in [-0.39, 0.29) is 11.7 Å². The molecule has 5 aromatic rings. The fourth-order valence-electron chi connectivity index (χ4n) is 5.74. The Bertz CT molecular complexity index is 1920. The third kappa shape index (κ3) is 7.55. The number of rotatable bonds is 6. The molecule has 1 aliphatic carbocycles. The fraction of sp³-hybridized carbons (Fsp3) is 0.167. The molecule has 0 N–H and O–H groups in total. The van der Waals surface area contributed by atoms with Gasteiger partial charge in [-0.05, 0) is 60.2 Å². The van der Waals surface area contributed by atoms with E-state index in [1.807, 2.05) is 48.5 Å². The molecule has 0 saturated carbocycles. The maximum Gasteiger partial charge on any atom is 0.485 e. The predicted octanol–water partition coefficient (Wildman–Crippen LogP) is 8.23. The van der Waals surface area contributed by atoms with Crippen LogP contribution in [0.1, 0.15) is 35.6 Å². The molecule has 6 rings (SSSR count). The number of pyridine rings is 1. The van der Waals surface area contributed by atoms with Crippen molar-refractivity contribution in [3.8, 4) is 28.1 Å². The number of fused-ring (bicyclic) bond motifs is 1. The topological polar surface area (TPSA) is 78.1 Å². The highest BCUT2D eigenvalue weighted by Gasteiger charge is 2.39. The highest BCUT2D eigenvalue weighted by atomic mass is 35.5. The van der Waals surface area contributed by atoms with E-state index in [2.05, 4.69) is 77.4 Å². The zero-order valence-electron chi connectivity index (χ0n) is 24.5. The Morgan fingerprint density at radius 3 is 1.89 bits per heavy atom. The van der Waals surface area contributed by atoms with Gasteiger partial charge in [0.05, 0.1) is 0 Å². The molecule has 1 aliphatic rings. The maximum atomic E-state index is 14.0. The summed E-state index contributed by atoms with van der Waals surface area (Å²) in [6.45, 7) is 0. The third-order valence-corrected chi connectivity index (χ3v) is 8.60. The van der Waals surface area contributed by atoms with Gasteiger partial charge in [0.25, 0.3) is 0 Å². The molecule has 0 fully saturated rings. The van der Waals surface area contributed by atoms with Gasteiger partial charge < -0.3 is 4.55 Å². The molecule has 0 radical (unpaired) electrons. The summed E-state index contributed by atoms with van der Waals surface area (Å²) < 4.78 is 61.2. The molecule has 1 unspecified atom stereocenters. The molecule has 46 heavy (non-hydrogen) atoms. The van der Waals surface area contributed by atoms with Gasteiger partial charge in [-0.3, -0.25) is 4.79 Å². The zero-order chi connectivity index (χ0) is 32.9. The highest BCUT2D eigenvalue weighted by Crippen LogP contribution is 2.39. The van der Waals surface area contributed by atoms with Crippen molar-refractivity contribution >= 4 is 27.5 Å². The van der Waals surface area contributed by atoms with Crippen LogP contribution in [-0.4, -0.2) is 24.3 Å². The largest absolute Gasteiger partial charge is 0.741 e. The summed E-state index contributed by atoms with van der Waals surface area (Å²) >= 11 is 6.31. The second kappa shape index (κ2) is 14.0. The van der Waals surface area contributed by atoms with E-state index >= 15 is 0 Å². The van der Waals surface area contributed by atoms with Crippen LogP contribution in [0, 0.1) is 0 Å². The van der Waals surface area contributed by atoms with Gasteiger partial charge in [0.2, 0.25) is 17.1 Å². The molecule has 1 aromatic heterocycles. The summed E-state index contributed by atoms with van der Waals surface area (Å²) in [4.78, 5) is 14.0. The minimum absolute atomic E-state index is 0.194. The van der Waals surface area contributed by atoms with Gasteiger partial charge in [0.15, 0.2) is 15.9 Å². The number of halogens is 4. The van der Waals surface area contributed by atoms with E-state index < -0.39 is 15.6 Å². The van der Waals surface area contributed by atoms with Crippen LogP contribution in [0.3, 0.4) is 0 Å². The number of alkyl halides is 3. The third-order valence-electron chi connectivity index (χ3n) is 7.78. The van der Waals surface area contributed by atoms with Crippen LogP contribution in [0.4, 0.5) is 13.2 Å². The summed E-state index contributed by atoms with van der Waals surface area (Å²) in [5, 5.41) is 0.696. The van der Waals surface area contributed by atoms with Gasteiger partial charge in [0.1, 0.15) is 5.92 Å². The predicted molar refractivity (Wildman–Crippen MR) is 170 cm³/mol. The van der Waals surface area contributed by atoms with E-state index in [4.69, 9.17) is 24.6 Å². The summed E-state index contributed by atoms with van der Waals surface area (Å²) in [5.41, 5.74) is 3.39. The zero-order valence-corrected chi connectivity index (χ0v) is 26.0. The lowest BCUT2D eigenvalue weighted by molar-refractivity contribution is -0.594. The van der Waals surface area contributed by atoms with Crippen LogP contribution < -0.4 is 4.57 Å². The number of benzene rings is 4. The minimum Gasteiger partial charge on any atom is -0.741 e. The van der Waals surface area contributed by atoms with E-state index in [1.165, 1.54) is 16.7 Å². The summed E-state index contributed by atoms with van der Waals surface area (Å²) in [5.74, 6) is 0.0739. The number of ketones is 1. The van der Waals surface area contributed by atoms with E-state index in [0.717, 1.165) is 47.5 Å². The molecule has 5 nitrogen and oxygen atoms in total. The number of aromatic nitrogens is 1. The molecule has 10 heteroatoms. The van der Waals surface area contributed by atoms with Crippen LogP contribution >= 0.6 is 11.6 Å². The van der Waals surface area contributed by atoms with Gasteiger partial charge in [-0.1, -0.05) is 90.5 Å². The van der Waals surface area contributed by atoms with Crippen molar-refractivity contribution in [2.45, 2.75) is 37.1 Å². The van der Waals surface area contributed by atoms with Crippen molar-refractivity contribution in [3.05, 3.63) is 143 Å². The van der Waals surface area contributed by atoms with Crippen LogP contribution in [0.5, 0.6) is 0 Å². The Hall–Kier alpha value is -4.31. The van der Waals surface area contributed by atoms with Gasteiger partial charge in [-0.15, -0.1) is 0 Å². The van der Waals surface area contributed by atoms with Crippen molar-refractivity contribution in [2.24, 2.45) is 0 Å². The van der Waals surface area contributed by atoms with E-state index in [1.54, 1.807) is 0 Å². The Labute approximate surface area is 270 Å². The first-order valence-electron chi connectivity index (χ1n) is 14.5. The van der Waals surface area contributed by atoms with Crippen molar-refractivity contribution in [2.75, 3.05) is 0 Å². The number of Topliss-reactive ketones (excluding diaryl/α,β-unsaturated/α-hetero) is 1. The average Bonchev–Trinajstić information content (AvgIpc) is 3.05. The molecule has 0 spiro atoms. The first-order valence-corrected chi connectivity index (χ1v) is 16.3. The van der Waals surface area contributed by atoms with Crippen molar-refractivity contribution in [3.63, 3.8) is 0 Å². The number of carbonyl (C=O) groups excluding carboxylic acids is 1. The minimum atomic E-state index is -6.09. The SMILES string of the molecule is O=C(Cc1ccccc1)C1CCCc2c(-c3ccccc3)cc(-c3ccccc3)[n+](-c3ccc(Cl)cc3)c21.O=S(=O)([O-])C(F)(F)F. The quantitative estimate of drug-likeness (QED) is 0.104. The van der Waals surface area contributed by atoms with E-state index in [0.29, 0.717) is 11.4 Å². The van der Waals surface area contributed by atoms with Crippen LogP contribution in [0.15, 0.2) is 121 Å². The van der Waals surface area contributed by atoms with Crippen LogP contribution in [-0.2, 0) is 27.8 Å². The monoisotopic (exact) mass is 663 g/mol. The number of hydrogen-bond acceptors (Lipinski definition) is 4. The van der Waals surface area contributed by atoms with Crippen LogP contribution in [0.2, 0.25) is 5.02 Å².